The van der Waals surface area contributed by atoms with E-state index in [2.05, 4.69) is 4.99 Å². The first kappa shape index (κ1) is 22.8. The van der Waals surface area contributed by atoms with Crippen molar-refractivity contribution < 1.29 is 33.4 Å². The lowest BCUT2D eigenvalue weighted by Gasteiger charge is -2.18. The third kappa shape index (κ3) is 4.42. The fraction of sp³-hybridized carbons (Fsp3) is 0.292. The van der Waals surface area contributed by atoms with Crippen molar-refractivity contribution in [2.45, 2.75) is 25.8 Å². The molecule has 2 aromatic carbocycles. The Hall–Kier alpha value is -3.99. The van der Waals surface area contributed by atoms with E-state index in [9.17, 15) is 19.2 Å². The van der Waals surface area contributed by atoms with Gasteiger partial charge >= 0.3 is 5.97 Å². The number of esters is 1. The quantitative estimate of drug-likeness (QED) is 0.394. The number of thiazole rings is 1. The predicted octanol–water partition coefficient (Wildman–Crippen LogP) is 2.43. The molecule has 0 aliphatic carbocycles. The second-order valence-electron chi connectivity index (χ2n) is 7.91. The van der Waals surface area contributed by atoms with Gasteiger partial charge in [0, 0.05) is 37.1 Å². The van der Waals surface area contributed by atoms with Crippen LogP contribution in [0, 0.1) is 0 Å². The molecule has 5 rings (SSSR count). The minimum Gasteiger partial charge on any atom is -0.486 e. The Labute approximate surface area is 203 Å². The van der Waals surface area contributed by atoms with Crippen LogP contribution in [0.3, 0.4) is 0 Å². The number of amides is 3. The zero-order valence-electron chi connectivity index (χ0n) is 18.8. The van der Waals surface area contributed by atoms with Crippen LogP contribution in [-0.4, -0.2) is 48.6 Å². The van der Waals surface area contributed by atoms with Crippen LogP contribution in [0.15, 0.2) is 41.4 Å². The molecule has 180 valence electrons. The number of methoxy groups -OCH3 is 1. The number of aromatic nitrogens is 1. The molecule has 10 nitrogen and oxygen atoms in total. The Morgan fingerprint density at radius 1 is 1.03 bits per heavy atom. The number of benzene rings is 2. The fourth-order valence-corrected chi connectivity index (χ4v) is 5.05. The molecule has 3 heterocycles. The molecule has 2 aliphatic rings. The summed E-state index contributed by atoms with van der Waals surface area (Å²) in [4.78, 5) is 54.6. The minimum atomic E-state index is -0.494. The lowest BCUT2D eigenvalue weighted by Crippen LogP contribution is -2.28. The number of hydrogen-bond acceptors (Lipinski definition) is 8. The Morgan fingerprint density at radius 2 is 1.69 bits per heavy atom. The van der Waals surface area contributed by atoms with Crippen LogP contribution < -0.4 is 19.2 Å². The van der Waals surface area contributed by atoms with Crippen LogP contribution in [0.2, 0.25) is 0 Å². The van der Waals surface area contributed by atoms with E-state index >= 15 is 0 Å². The third-order valence-electron chi connectivity index (χ3n) is 5.74. The Bertz CT molecular complexity index is 1410. The van der Waals surface area contributed by atoms with Gasteiger partial charge in [-0.3, -0.25) is 24.1 Å². The topological polar surface area (TPSA) is 116 Å². The van der Waals surface area contributed by atoms with Gasteiger partial charge in [-0.05, 0) is 24.3 Å². The zero-order valence-corrected chi connectivity index (χ0v) is 19.6. The highest BCUT2D eigenvalue weighted by Gasteiger charge is 2.30. The van der Waals surface area contributed by atoms with Gasteiger partial charge in [0.1, 0.15) is 13.2 Å². The summed E-state index contributed by atoms with van der Waals surface area (Å²) in [6.45, 7) is 1.15. The Kier molecular flexibility index (Phi) is 6.08. The summed E-state index contributed by atoms with van der Waals surface area (Å²) in [5.74, 6) is -0.186. The zero-order chi connectivity index (χ0) is 24.5. The van der Waals surface area contributed by atoms with Gasteiger partial charge in [-0.25, -0.2) is 0 Å². The maximum Gasteiger partial charge on any atom is 0.307 e. The van der Waals surface area contributed by atoms with Gasteiger partial charge < -0.3 is 18.8 Å². The van der Waals surface area contributed by atoms with Crippen molar-refractivity contribution in [2.24, 2.45) is 4.99 Å². The van der Waals surface area contributed by atoms with Gasteiger partial charge in [0.15, 0.2) is 16.3 Å². The third-order valence-corrected chi connectivity index (χ3v) is 6.78. The minimum absolute atomic E-state index is 0.102. The number of imide groups is 1. The lowest BCUT2D eigenvalue weighted by molar-refractivity contribution is -0.140. The summed E-state index contributed by atoms with van der Waals surface area (Å²) in [7, 11) is 1.32. The standard InChI is InChI=1S/C24H21N3O7S/c1-32-22(30)8-9-26-16-12-17-18(34-11-10-33-17)13-19(16)35-24(26)25-23(31)14-2-4-15(5-3-14)27-20(28)6-7-21(27)29/h2-5,12-13H,6-11H2,1H3. The second-order valence-corrected chi connectivity index (χ2v) is 8.92. The lowest BCUT2D eigenvalue weighted by atomic mass is 10.2. The smallest absolute Gasteiger partial charge is 0.307 e. The monoisotopic (exact) mass is 495 g/mol. The van der Waals surface area contributed by atoms with Gasteiger partial charge in [0.2, 0.25) is 11.8 Å². The molecular weight excluding hydrogens is 474 g/mol. The molecule has 0 unspecified atom stereocenters. The predicted molar refractivity (Wildman–Crippen MR) is 126 cm³/mol. The van der Waals surface area contributed by atoms with E-state index in [1.807, 2.05) is 12.1 Å². The number of ether oxygens (including phenoxy) is 3. The Morgan fingerprint density at radius 3 is 2.34 bits per heavy atom. The van der Waals surface area contributed by atoms with E-state index in [1.54, 1.807) is 16.7 Å². The van der Waals surface area contributed by atoms with Crippen LogP contribution in [0.5, 0.6) is 11.5 Å². The summed E-state index contributed by atoms with van der Waals surface area (Å²) in [5.41, 5.74) is 1.49. The summed E-state index contributed by atoms with van der Waals surface area (Å²) in [5, 5.41) is 0. The molecule has 0 bridgehead atoms. The average molecular weight is 496 g/mol. The van der Waals surface area contributed by atoms with Crippen LogP contribution in [-0.2, 0) is 25.7 Å². The van der Waals surface area contributed by atoms with Gasteiger partial charge in [0.05, 0.1) is 29.4 Å². The highest BCUT2D eigenvalue weighted by Crippen LogP contribution is 2.35. The molecule has 0 N–H and O–H groups in total. The highest BCUT2D eigenvalue weighted by molar-refractivity contribution is 7.16. The molecule has 1 aromatic heterocycles. The molecule has 3 aromatic rings. The van der Waals surface area contributed by atoms with Crippen molar-refractivity contribution in [3.05, 3.63) is 46.8 Å². The Balaban J connectivity index is 1.50. The molecule has 1 saturated heterocycles. The molecule has 2 aliphatic heterocycles. The molecule has 3 amide bonds. The summed E-state index contributed by atoms with van der Waals surface area (Å²) in [6.07, 6.45) is 0.475. The highest BCUT2D eigenvalue weighted by atomic mass is 32.1. The summed E-state index contributed by atoms with van der Waals surface area (Å²) < 4.78 is 18.7. The van der Waals surface area contributed by atoms with Crippen LogP contribution in [0.25, 0.3) is 10.2 Å². The number of nitrogens with zero attached hydrogens (tertiary/aromatic N) is 3. The van der Waals surface area contributed by atoms with Crippen molar-refractivity contribution in [2.75, 3.05) is 25.2 Å². The van der Waals surface area contributed by atoms with E-state index in [-0.39, 0.29) is 43.6 Å². The number of rotatable bonds is 5. The van der Waals surface area contributed by atoms with Crippen molar-refractivity contribution in [1.29, 1.82) is 0 Å². The number of aryl methyl sites for hydroxylation is 1. The molecule has 0 saturated carbocycles. The number of carbonyl (C=O) groups excluding carboxylic acids is 4. The first-order valence-corrected chi connectivity index (χ1v) is 11.8. The molecule has 1 fully saturated rings. The fourth-order valence-electron chi connectivity index (χ4n) is 3.98. The van der Waals surface area contributed by atoms with E-state index in [4.69, 9.17) is 14.2 Å². The number of carbonyl (C=O) groups is 4. The first-order chi connectivity index (χ1) is 16.9. The number of anilines is 1. The largest absolute Gasteiger partial charge is 0.486 e. The molecule has 35 heavy (non-hydrogen) atoms. The van der Waals surface area contributed by atoms with Crippen molar-refractivity contribution in [3.8, 4) is 11.5 Å². The molecule has 0 radical (unpaired) electrons. The van der Waals surface area contributed by atoms with E-state index < -0.39 is 5.91 Å². The first-order valence-electron chi connectivity index (χ1n) is 11.0. The number of hydrogen-bond donors (Lipinski definition) is 0. The van der Waals surface area contributed by atoms with Gasteiger partial charge in [-0.2, -0.15) is 4.99 Å². The van der Waals surface area contributed by atoms with E-state index in [0.717, 1.165) is 15.1 Å². The maximum absolute atomic E-state index is 13.0. The van der Waals surface area contributed by atoms with E-state index in [1.165, 1.54) is 30.6 Å². The van der Waals surface area contributed by atoms with Gasteiger partial charge in [0.25, 0.3) is 5.91 Å². The van der Waals surface area contributed by atoms with Gasteiger partial charge in [-0.15, -0.1) is 0 Å². The SMILES string of the molecule is COC(=O)CCn1c(=NC(=O)c2ccc(N3C(=O)CCC3=O)cc2)sc2cc3c(cc21)OCCO3. The molecule has 0 atom stereocenters. The maximum atomic E-state index is 13.0. The van der Waals surface area contributed by atoms with Crippen LogP contribution in [0.4, 0.5) is 5.69 Å². The molecule has 0 spiro atoms. The van der Waals surface area contributed by atoms with Crippen molar-refractivity contribution in [1.82, 2.24) is 4.57 Å². The van der Waals surface area contributed by atoms with Crippen molar-refractivity contribution >= 4 is 50.9 Å². The molecule has 11 heteroatoms. The molecular formula is C24H21N3O7S. The van der Waals surface area contributed by atoms with Crippen LogP contribution in [0.1, 0.15) is 29.6 Å². The average Bonchev–Trinajstić information content (AvgIpc) is 3.38. The van der Waals surface area contributed by atoms with E-state index in [0.29, 0.717) is 40.8 Å². The summed E-state index contributed by atoms with van der Waals surface area (Å²) >= 11 is 1.29. The van der Waals surface area contributed by atoms with Crippen molar-refractivity contribution in [3.63, 3.8) is 0 Å². The normalized spacial score (nSPS) is 15.7. The van der Waals surface area contributed by atoms with Gasteiger partial charge in [-0.1, -0.05) is 11.3 Å². The number of fused-ring (bicyclic) bond motifs is 2. The second kappa shape index (κ2) is 9.34. The van der Waals surface area contributed by atoms with Crippen LogP contribution >= 0.6 is 11.3 Å². The summed E-state index contributed by atoms with van der Waals surface area (Å²) in [6, 6.07) is 9.84.